The topological polar surface area (TPSA) is 58.7 Å². The molecule has 110 valence electrons. The maximum atomic E-state index is 11.8. The molecular weight excluding hydrogens is 262 g/mol. The number of ketones is 1. The van der Waals surface area contributed by atoms with Gasteiger partial charge < -0.3 is 5.73 Å². The van der Waals surface area contributed by atoms with E-state index in [1.54, 1.807) is 6.08 Å². The second-order valence-electron chi connectivity index (χ2n) is 5.81. The summed E-state index contributed by atoms with van der Waals surface area (Å²) in [5, 5.41) is 0. The molecule has 3 rings (SSSR count). The van der Waals surface area contributed by atoms with Crippen LogP contribution >= 0.6 is 0 Å². The predicted molar refractivity (Wildman–Crippen MR) is 84.2 cm³/mol. The second-order valence-corrected chi connectivity index (χ2v) is 5.81. The van der Waals surface area contributed by atoms with Crippen LogP contribution in [0.3, 0.4) is 0 Å². The van der Waals surface area contributed by atoms with Crippen LogP contribution in [0.15, 0.2) is 41.4 Å². The lowest BCUT2D eigenvalue weighted by molar-refractivity contribution is -0.115. The molecule has 0 saturated carbocycles. The van der Waals surface area contributed by atoms with Gasteiger partial charge in [0.2, 0.25) is 0 Å². The van der Waals surface area contributed by atoms with Crippen LogP contribution in [0.25, 0.3) is 0 Å². The highest BCUT2D eigenvalue weighted by molar-refractivity contribution is 6.06. The number of dihydropyridines is 1. The Morgan fingerprint density at radius 1 is 1.10 bits per heavy atom. The van der Waals surface area contributed by atoms with Gasteiger partial charge in [0.25, 0.3) is 0 Å². The number of nitrogens with zero attached hydrogens (tertiary/aromatic N) is 2. The molecule has 0 spiro atoms. The number of rotatable bonds is 4. The van der Waals surface area contributed by atoms with Gasteiger partial charge >= 0.3 is 0 Å². The minimum absolute atomic E-state index is 0.0327. The quantitative estimate of drug-likeness (QED) is 0.915. The monoisotopic (exact) mass is 283 g/mol. The molecule has 21 heavy (non-hydrogen) atoms. The summed E-state index contributed by atoms with van der Waals surface area (Å²) in [7, 11) is 0. The molecule has 0 aromatic heterocycles. The highest BCUT2D eigenvalue weighted by Gasteiger charge is 2.19. The fourth-order valence-electron chi connectivity index (χ4n) is 2.91. The van der Waals surface area contributed by atoms with E-state index in [0.717, 1.165) is 12.1 Å². The number of carbonyl (C=O) groups is 1. The lowest BCUT2D eigenvalue weighted by Crippen LogP contribution is -2.27. The van der Waals surface area contributed by atoms with Crippen LogP contribution in [-0.4, -0.2) is 35.7 Å². The number of amidine groups is 1. The van der Waals surface area contributed by atoms with Crippen molar-refractivity contribution in [3.8, 4) is 0 Å². The normalized spacial score (nSPS) is 22.6. The maximum Gasteiger partial charge on any atom is 0.180 e. The molecule has 0 bridgehead atoms. The maximum absolute atomic E-state index is 11.8. The zero-order valence-corrected chi connectivity index (χ0v) is 12.2. The van der Waals surface area contributed by atoms with Crippen molar-refractivity contribution in [2.45, 2.75) is 31.8 Å². The second kappa shape index (κ2) is 6.22. The Balaban J connectivity index is 1.61. The van der Waals surface area contributed by atoms with E-state index in [1.165, 1.54) is 37.6 Å². The first-order valence-corrected chi connectivity index (χ1v) is 7.56. The van der Waals surface area contributed by atoms with E-state index < -0.39 is 0 Å². The van der Waals surface area contributed by atoms with Crippen LogP contribution in [0, 0.1) is 0 Å². The summed E-state index contributed by atoms with van der Waals surface area (Å²) in [5.41, 5.74) is 8.12. The molecule has 1 saturated heterocycles. The van der Waals surface area contributed by atoms with Gasteiger partial charge in [-0.2, -0.15) is 0 Å². The molecule has 0 amide bonds. The van der Waals surface area contributed by atoms with E-state index in [2.05, 4.69) is 34.2 Å². The summed E-state index contributed by atoms with van der Waals surface area (Å²) in [4.78, 5) is 18.5. The summed E-state index contributed by atoms with van der Waals surface area (Å²) in [6.45, 7) is 3.44. The number of hydrogen-bond donors (Lipinski definition) is 1. The first kappa shape index (κ1) is 14.0. The number of benzene rings is 1. The van der Waals surface area contributed by atoms with Gasteiger partial charge in [-0.05, 0) is 49.2 Å². The summed E-state index contributed by atoms with van der Waals surface area (Å²) < 4.78 is 0. The van der Waals surface area contributed by atoms with Crippen molar-refractivity contribution in [3.63, 3.8) is 0 Å². The third-order valence-corrected chi connectivity index (χ3v) is 4.11. The van der Waals surface area contributed by atoms with Gasteiger partial charge in [0.15, 0.2) is 5.78 Å². The molecule has 1 aromatic carbocycles. The number of aliphatic imine (C=N–C) groups is 1. The van der Waals surface area contributed by atoms with Gasteiger partial charge in [-0.25, -0.2) is 0 Å². The zero-order chi connectivity index (χ0) is 14.7. The van der Waals surface area contributed by atoms with E-state index in [1.807, 2.05) is 0 Å². The fraction of sp³-hybridized carbons (Fsp3) is 0.412. The molecule has 1 fully saturated rings. The van der Waals surface area contributed by atoms with Crippen molar-refractivity contribution in [1.29, 1.82) is 0 Å². The highest BCUT2D eigenvalue weighted by Crippen LogP contribution is 2.15. The average Bonchev–Trinajstić information content (AvgIpc) is 2.98. The Kier molecular flexibility index (Phi) is 4.15. The number of nitrogens with two attached hydrogens (primary N) is 1. The van der Waals surface area contributed by atoms with Crippen LogP contribution in [0.1, 0.15) is 24.0 Å². The minimum Gasteiger partial charge on any atom is -0.384 e. The van der Waals surface area contributed by atoms with E-state index in [0.29, 0.717) is 12.3 Å². The molecular formula is C17H21N3O. The number of carbonyl (C=O) groups excluding carboxylic acids is 1. The van der Waals surface area contributed by atoms with Gasteiger partial charge in [-0.3, -0.25) is 14.7 Å². The van der Waals surface area contributed by atoms with E-state index in [-0.39, 0.29) is 11.8 Å². The molecule has 1 aromatic rings. The lowest BCUT2D eigenvalue weighted by Gasteiger charge is -2.16. The van der Waals surface area contributed by atoms with Crippen LogP contribution in [-0.2, 0) is 17.8 Å². The molecule has 2 N–H and O–H groups in total. The van der Waals surface area contributed by atoms with Crippen molar-refractivity contribution >= 4 is 11.6 Å². The minimum atomic E-state index is -0.362. The van der Waals surface area contributed by atoms with Crippen LogP contribution in [0.5, 0.6) is 0 Å². The van der Waals surface area contributed by atoms with Crippen molar-refractivity contribution in [2.24, 2.45) is 10.7 Å². The molecule has 4 heteroatoms. The SMILES string of the molecule is NC1=NC(Cc2ccc(CN3CCCC3)cc2)C(=O)C=C1. The molecule has 0 aliphatic carbocycles. The Hall–Kier alpha value is -1.94. The molecule has 0 radical (unpaired) electrons. The van der Waals surface area contributed by atoms with Crippen LogP contribution in [0.2, 0.25) is 0 Å². The zero-order valence-electron chi connectivity index (χ0n) is 12.2. The van der Waals surface area contributed by atoms with E-state index in [4.69, 9.17) is 5.73 Å². The largest absolute Gasteiger partial charge is 0.384 e. The Labute approximate surface area is 125 Å². The summed E-state index contributed by atoms with van der Waals surface area (Å²) >= 11 is 0. The van der Waals surface area contributed by atoms with Crippen molar-refractivity contribution in [2.75, 3.05) is 13.1 Å². The van der Waals surface area contributed by atoms with E-state index in [9.17, 15) is 4.79 Å². The summed E-state index contributed by atoms with van der Waals surface area (Å²) in [5.74, 6) is 0.468. The lowest BCUT2D eigenvalue weighted by atomic mass is 10.00. The van der Waals surface area contributed by atoms with Gasteiger partial charge in [-0.1, -0.05) is 24.3 Å². The van der Waals surface area contributed by atoms with Crippen LogP contribution < -0.4 is 5.73 Å². The third kappa shape index (κ3) is 3.58. The Morgan fingerprint density at radius 3 is 2.48 bits per heavy atom. The van der Waals surface area contributed by atoms with Gasteiger partial charge in [0, 0.05) is 13.0 Å². The standard InChI is InChI=1S/C17H21N3O/c18-17-8-7-16(21)15(19-17)11-13-3-5-14(6-4-13)12-20-9-1-2-10-20/h3-8,15H,1-2,9-12H2,(H2,18,19). The number of likely N-dealkylation sites (tertiary alicyclic amines) is 1. The fourth-order valence-corrected chi connectivity index (χ4v) is 2.91. The summed E-state index contributed by atoms with van der Waals surface area (Å²) in [6.07, 6.45) is 6.34. The van der Waals surface area contributed by atoms with Crippen molar-refractivity contribution in [3.05, 3.63) is 47.5 Å². The number of hydrogen-bond acceptors (Lipinski definition) is 4. The van der Waals surface area contributed by atoms with Crippen molar-refractivity contribution < 1.29 is 4.79 Å². The molecule has 2 heterocycles. The third-order valence-electron chi connectivity index (χ3n) is 4.11. The first-order valence-electron chi connectivity index (χ1n) is 7.56. The van der Waals surface area contributed by atoms with Gasteiger partial charge in [0.05, 0.1) is 0 Å². The smallest absolute Gasteiger partial charge is 0.180 e. The Bertz CT molecular complexity index is 568. The predicted octanol–water partition coefficient (Wildman–Crippen LogP) is 1.69. The van der Waals surface area contributed by atoms with E-state index >= 15 is 0 Å². The molecule has 2 aliphatic heterocycles. The first-order chi connectivity index (χ1) is 10.2. The highest BCUT2D eigenvalue weighted by atomic mass is 16.1. The van der Waals surface area contributed by atoms with Gasteiger partial charge in [0.1, 0.15) is 11.9 Å². The molecule has 1 atom stereocenters. The average molecular weight is 283 g/mol. The molecule has 4 nitrogen and oxygen atoms in total. The van der Waals surface area contributed by atoms with Crippen molar-refractivity contribution in [1.82, 2.24) is 4.90 Å². The molecule has 1 unspecified atom stereocenters. The summed E-state index contributed by atoms with van der Waals surface area (Å²) in [6, 6.07) is 8.15. The van der Waals surface area contributed by atoms with Crippen LogP contribution in [0.4, 0.5) is 0 Å². The molecule has 2 aliphatic rings. The Morgan fingerprint density at radius 2 is 1.76 bits per heavy atom. The van der Waals surface area contributed by atoms with Gasteiger partial charge in [-0.15, -0.1) is 0 Å².